The third-order valence-electron chi connectivity index (χ3n) is 1.90. The fourth-order valence-corrected chi connectivity index (χ4v) is 1.03. The molecule has 72 valence electrons. The number of aliphatic hydroxyl groups is 1. The maximum Gasteiger partial charge on any atom is 0.157 e. The van der Waals surface area contributed by atoms with E-state index in [0.717, 1.165) is 0 Å². The molecule has 13 heavy (non-hydrogen) atoms. The second-order valence-electron chi connectivity index (χ2n) is 3.01. The van der Waals surface area contributed by atoms with Crippen LogP contribution < -0.4 is 5.73 Å². The van der Waals surface area contributed by atoms with E-state index in [0.29, 0.717) is 5.56 Å². The fraction of sp³-hybridized carbons (Fsp3) is 0.333. The summed E-state index contributed by atoms with van der Waals surface area (Å²) >= 11 is 0. The summed E-state index contributed by atoms with van der Waals surface area (Å²) in [5, 5.41) is 27.3. The third-order valence-corrected chi connectivity index (χ3v) is 1.90. The Morgan fingerprint density at radius 3 is 2.31 bits per heavy atom. The van der Waals surface area contributed by atoms with E-state index in [4.69, 9.17) is 21.1 Å². The highest BCUT2D eigenvalue weighted by atomic mass is 16.3. The highest BCUT2D eigenvalue weighted by molar-refractivity contribution is 5.41. The van der Waals surface area contributed by atoms with Gasteiger partial charge in [0.1, 0.15) is 0 Å². The predicted octanol–water partition coefficient (Wildman–Crippen LogP) is 0.478. The molecule has 0 radical (unpaired) electrons. The van der Waals surface area contributed by atoms with Crippen LogP contribution in [0.3, 0.4) is 0 Å². The monoisotopic (exact) mass is 183 g/mol. The smallest absolute Gasteiger partial charge is 0.157 e. The van der Waals surface area contributed by atoms with Crippen molar-refractivity contribution in [2.75, 3.05) is 0 Å². The summed E-state index contributed by atoms with van der Waals surface area (Å²) in [6, 6.07) is 3.69. The second kappa shape index (κ2) is 3.64. The Hall–Kier alpha value is -1.26. The maximum absolute atomic E-state index is 9.17. The van der Waals surface area contributed by atoms with Gasteiger partial charge in [0, 0.05) is 0 Å². The van der Waals surface area contributed by atoms with Crippen LogP contribution in [-0.4, -0.2) is 21.4 Å². The largest absolute Gasteiger partial charge is 0.504 e. The van der Waals surface area contributed by atoms with E-state index in [1.807, 2.05) is 0 Å². The Labute approximate surface area is 76.2 Å². The zero-order valence-electron chi connectivity index (χ0n) is 7.31. The molecule has 4 nitrogen and oxygen atoms in total. The van der Waals surface area contributed by atoms with Gasteiger partial charge in [-0.2, -0.15) is 0 Å². The Morgan fingerprint density at radius 1 is 1.23 bits per heavy atom. The first-order valence-corrected chi connectivity index (χ1v) is 3.98. The van der Waals surface area contributed by atoms with E-state index >= 15 is 0 Å². The van der Waals surface area contributed by atoms with Crippen LogP contribution in [0.2, 0.25) is 0 Å². The van der Waals surface area contributed by atoms with Gasteiger partial charge in [-0.05, 0) is 24.6 Å². The van der Waals surface area contributed by atoms with Crippen molar-refractivity contribution >= 4 is 0 Å². The van der Waals surface area contributed by atoms with Gasteiger partial charge < -0.3 is 21.1 Å². The first kappa shape index (κ1) is 9.83. The molecule has 1 aromatic carbocycles. The molecule has 0 aromatic heterocycles. The Morgan fingerprint density at radius 2 is 1.85 bits per heavy atom. The number of aliphatic hydroxyl groups excluding tert-OH is 1. The van der Waals surface area contributed by atoms with Crippen LogP contribution in [0.25, 0.3) is 0 Å². The molecule has 5 N–H and O–H groups in total. The highest BCUT2D eigenvalue weighted by Gasteiger charge is 2.13. The minimum Gasteiger partial charge on any atom is -0.504 e. The zero-order chi connectivity index (χ0) is 10.0. The minimum absolute atomic E-state index is 0.193. The summed E-state index contributed by atoms with van der Waals surface area (Å²) in [5.74, 6) is -0.421. The van der Waals surface area contributed by atoms with Crippen molar-refractivity contribution in [2.24, 2.45) is 5.73 Å². The van der Waals surface area contributed by atoms with Crippen LogP contribution >= 0.6 is 0 Å². The quantitative estimate of drug-likeness (QED) is 0.502. The maximum atomic E-state index is 9.17. The van der Waals surface area contributed by atoms with Gasteiger partial charge in [0.25, 0.3) is 0 Å². The lowest BCUT2D eigenvalue weighted by atomic mass is 10.0. The van der Waals surface area contributed by atoms with Gasteiger partial charge in [0.2, 0.25) is 0 Å². The molecule has 1 rings (SSSR count). The van der Waals surface area contributed by atoms with E-state index in [2.05, 4.69) is 0 Å². The molecule has 0 fully saturated rings. The van der Waals surface area contributed by atoms with Crippen molar-refractivity contribution in [3.8, 4) is 11.5 Å². The molecule has 0 unspecified atom stereocenters. The van der Waals surface area contributed by atoms with Crippen molar-refractivity contribution in [1.29, 1.82) is 0 Å². The minimum atomic E-state index is -0.691. The molecular formula is C9H13NO3. The number of hydrogen-bond acceptors (Lipinski definition) is 4. The normalized spacial score (nSPS) is 15.3. The van der Waals surface area contributed by atoms with Gasteiger partial charge in [0.15, 0.2) is 11.5 Å². The molecular weight excluding hydrogens is 170 g/mol. The van der Waals surface area contributed by atoms with E-state index in [-0.39, 0.29) is 11.5 Å². The molecule has 0 aliphatic rings. The van der Waals surface area contributed by atoms with Crippen molar-refractivity contribution < 1.29 is 15.3 Å². The van der Waals surface area contributed by atoms with Gasteiger partial charge in [-0.1, -0.05) is 6.07 Å². The van der Waals surface area contributed by atoms with Crippen LogP contribution in [0, 0.1) is 0 Å². The van der Waals surface area contributed by atoms with Crippen molar-refractivity contribution in [3.05, 3.63) is 23.8 Å². The summed E-state index contributed by atoms with van der Waals surface area (Å²) in [5.41, 5.74) is 6.20. The fourth-order valence-electron chi connectivity index (χ4n) is 1.03. The summed E-state index contributed by atoms with van der Waals surface area (Å²) < 4.78 is 0. The average molecular weight is 183 g/mol. The Bertz CT molecular complexity index is 299. The lowest BCUT2D eigenvalue weighted by Gasteiger charge is -2.15. The molecule has 1 aromatic rings. The lowest BCUT2D eigenvalue weighted by Crippen LogP contribution is -2.22. The van der Waals surface area contributed by atoms with Crippen molar-refractivity contribution in [3.63, 3.8) is 0 Å². The van der Waals surface area contributed by atoms with Crippen molar-refractivity contribution in [1.82, 2.24) is 0 Å². The number of nitrogens with two attached hydrogens (primary N) is 1. The number of aromatic hydroxyl groups is 2. The summed E-state index contributed by atoms with van der Waals surface area (Å²) in [7, 11) is 0. The first-order chi connectivity index (χ1) is 6.02. The molecule has 2 atom stereocenters. The second-order valence-corrected chi connectivity index (χ2v) is 3.01. The molecule has 0 heterocycles. The predicted molar refractivity (Wildman–Crippen MR) is 48.4 cm³/mol. The van der Waals surface area contributed by atoms with Gasteiger partial charge in [0.05, 0.1) is 12.1 Å². The topological polar surface area (TPSA) is 86.7 Å². The summed E-state index contributed by atoms with van der Waals surface area (Å²) in [6.45, 7) is 1.56. The molecule has 0 aliphatic heterocycles. The molecule has 0 bridgehead atoms. The van der Waals surface area contributed by atoms with Crippen LogP contribution in [0.4, 0.5) is 0 Å². The molecule has 0 saturated carbocycles. The average Bonchev–Trinajstić information content (AvgIpc) is 2.08. The molecule has 0 amide bonds. The first-order valence-electron chi connectivity index (χ1n) is 3.98. The molecule has 0 saturated heterocycles. The summed E-state index contributed by atoms with van der Waals surface area (Å²) in [6.07, 6.45) is -0.691. The third kappa shape index (κ3) is 2.11. The van der Waals surface area contributed by atoms with Crippen LogP contribution in [0.15, 0.2) is 18.2 Å². The highest BCUT2D eigenvalue weighted by Crippen LogP contribution is 2.27. The molecule has 0 spiro atoms. The SMILES string of the molecule is C[C@H](O)[C@H](N)c1ccc(O)c(O)c1. The standard InChI is InChI=1S/C9H13NO3/c1-5(11)9(10)6-2-3-7(12)8(13)4-6/h2-5,9,11-13H,10H2,1H3/t5-,9-/m0/s1. The number of phenolic OH excluding ortho intramolecular Hbond substituents is 2. The van der Waals surface area contributed by atoms with E-state index in [1.165, 1.54) is 12.1 Å². The Kier molecular flexibility index (Phi) is 2.75. The van der Waals surface area contributed by atoms with Crippen LogP contribution in [0.1, 0.15) is 18.5 Å². The van der Waals surface area contributed by atoms with E-state index < -0.39 is 12.1 Å². The number of hydrogen-bond donors (Lipinski definition) is 4. The number of phenols is 2. The van der Waals surface area contributed by atoms with Gasteiger partial charge >= 0.3 is 0 Å². The lowest BCUT2D eigenvalue weighted by molar-refractivity contribution is 0.164. The van der Waals surface area contributed by atoms with E-state index in [1.54, 1.807) is 13.0 Å². The zero-order valence-corrected chi connectivity index (χ0v) is 7.31. The van der Waals surface area contributed by atoms with Crippen LogP contribution in [0.5, 0.6) is 11.5 Å². The summed E-state index contributed by atoms with van der Waals surface area (Å²) in [4.78, 5) is 0. The van der Waals surface area contributed by atoms with Crippen molar-refractivity contribution in [2.45, 2.75) is 19.1 Å². The van der Waals surface area contributed by atoms with E-state index in [9.17, 15) is 0 Å². The van der Waals surface area contributed by atoms with Crippen LogP contribution in [-0.2, 0) is 0 Å². The molecule has 4 heteroatoms. The number of rotatable bonds is 2. The van der Waals surface area contributed by atoms with Gasteiger partial charge in [-0.3, -0.25) is 0 Å². The van der Waals surface area contributed by atoms with Gasteiger partial charge in [-0.15, -0.1) is 0 Å². The van der Waals surface area contributed by atoms with Gasteiger partial charge in [-0.25, -0.2) is 0 Å². The molecule has 0 aliphatic carbocycles. The Balaban J connectivity index is 2.97. The number of benzene rings is 1.